The van der Waals surface area contributed by atoms with E-state index in [-0.39, 0.29) is 27.5 Å². The standard InChI is InChI=1S/C23H18ClN5O5/c1-14-5-4-6-16(11-14)26-21(30)17-7-2-3-8-19(17)27-22(31)23(32)28-25-13-15-9-10-18(24)20(12-15)29(33)34/h2-13H,1H3,(H,26,30)(H,27,31)(H,28,32)/b25-13-. The van der Waals surface area contributed by atoms with Crippen molar-refractivity contribution >= 4 is 52.6 Å². The first-order chi connectivity index (χ1) is 16.2. The van der Waals surface area contributed by atoms with E-state index in [4.69, 9.17) is 11.6 Å². The van der Waals surface area contributed by atoms with Gasteiger partial charge >= 0.3 is 11.8 Å². The molecule has 0 aliphatic rings. The molecule has 0 aromatic heterocycles. The molecule has 3 aromatic rings. The van der Waals surface area contributed by atoms with E-state index in [9.17, 15) is 24.5 Å². The van der Waals surface area contributed by atoms with Crippen molar-refractivity contribution in [2.45, 2.75) is 6.92 Å². The van der Waals surface area contributed by atoms with E-state index >= 15 is 0 Å². The van der Waals surface area contributed by atoms with Crippen molar-refractivity contribution in [3.63, 3.8) is 0 Å². The van der Waals surface area contributed by atoms with Crippen molar-refractivity contribution in [1.82, 2.24) is 5.43 Å². The van der Waals surface area contributed by atoms with Crippen LogP contribution in [0.3, 0.4) is 0 Å². The van der Waals surface area contributed by atoms with E-state index in [1.807, 2.05) is 18.4 Å². The first-order valence-corrected chi connectivity index (χ1v) is 10.2. The maximum absolute atomic E-state index is 12.7. The van der Waals surface area contributed by atoms with Gasteiger partial charge in [0, 0.05) is 17.3 Å². The molecule has 172 valence electrons. The second-order valence-corrected chi connectivity index (χ2v) is 7.40. The van der Waals surface area contributed by atoms with Gasteiger partial charge in [0.05, 0.1) is 22.4 Å². The van der Waals surface area contributed by atoms with Crippen molar-refractivity contribution in [3.05, 3.63) is 98.6 Å². The number of hydrogen-bond acceptors (Lipinski definition) is 6. The Hall–Kier alpha value is -4.57. The summed E-state index contributed by atoms with van der Waals surface area (Å²) in [6, 6.07) is 17.3. The van der Waals surface area contributed by atoms with E-state index < -0.39 is 22.6 Å². The average molecular weight is 480 g/mol. The fourth-order valence-electron chi connectivity index (χ4n) is 2.86. The summed E-state index contributed by atoms with van der Waals surface area (Å²) in [5.74, 6) is -2.63. The van der Waals surface area contributed by atoms with Crippen LogP contribution in [0.4, 0.5) is 17.1 Å². The molecule has 0 radical (unpaired) electrons. The van der Waals surface area contributed by atoms with Crippen molar-refractivity contribution in [1.29, 1.82) is 0 Å². The Morgan fingerprint density at radius 3 is 2.47 bits per heavy atom. The summed E-state index contributed by atoms with van der Waals surface area (Å²) in [7, 11) is 0. The lowest BCUT2D eigenvalue weighted by molar-refractivity contribution is -0.384. The molecule has 34 heavy (non-hydrogen) atoms. The average Bonchev–Trinajstić information content (AvgIpc) is 2.80. The lowest BCUT2D eigenvalue weighted by Gasteiger charge is -2.11. The summed E-state index contributed by atoms with van der Waals surface area (Å²) in [4.78, 5) is 47.4. The summed E-state index contributed by atoms with van der Waals surface area (Å²) in [5.41, 5.74) is 3.82. The number of rotatable bonds is 6. The molecule has 3 rings (SSSR count). The highest BCUT2D eigenvalue weighted by Crippen LogP contribution is 2.24. The molecular weight excluding hydrogens is 462 g/mol. The number of amides is 3. The summed E-state index contributed by atoms with van der Waals surface area (Å²) >= 11 is 5.74. The monoisotopic (exact) mass is 479 g/mol. The van der Waals surface area contributed by atoms with E-state index in [1.54, 1.807) is 30.3 Å². The molecule has 0 aliphatic heterocycles. The van der Waals surface area contributed by atoms with Crippen molar-refractivity contribution in [2.75, 3.05) is 10.6 Å². The molecule has 0 spiro atoms. The van der Waals surface area contributed by atoms with Crippen LogP contribution in [-0.4, -0.2) is 28.9 Å². The minimum absolute atomic E-state index is 0.0457. The molecule has 3 aromatic carbocycles. The molecule has 0 saturated carbocycles. The third kappa shape index (κ3) is 6.24. The van der Waals surface area contributed by atoms with Crippen LogP contribution >= 0.6 is 11.6 Å². The molecule has 0 bridgehead atoms. The maximum atomic E-state index is 12.7. The predicted molar refractivity (Wildman–Crippen MR) is 128 cm³/mol. The van der Waals surface area contributed by atoms with E-state index in [0.29, 0.717) is 5.69 Å². The molecular formula is C23H18ClN5O5. The summed E-state index contributed by atoms with van der Waals surface area (Å²) in [5, 5.41) is 19.6. The van der Waals surface area contributed by atoms with Crippen LogP contribution in [0.1, 0.15) is 21.5 Å². The normalized spacial score (nSPS) is 10.5. The number of hydrazone groups is 1. The third-order valence-corrected chi connectivity index (χ3v) is 4.77. The number of halogens is 1. The van der Waals surface area contributed by atoms with Crippen LogP contribution in [0.5, 0.6) is 0 Å². The van der Waals surface area contributed by atoms with Gasteiger partial charge in [-0.2, -0.15) is 5.10 Å². The quantitative estimate of drug-likeness (QED) is 0.212. The fraction of sp³-hybridized carbons (Fsp3) is 0.0435. The number of nitrogens with zero attached hydrogens (tertiary/aromatic N) is 2. The van der Waals surface area contributed by atoms with Crippen molar-refractivity contribution in [2.24, 2.45) is 5.10 Å². The van der Waals surface area contributed by atoms with Crippen LogP contribution in [0.2, 0.25) is 5.02 Å². The Morgan fingerprint density at radius 2 is 1.74 bits per heavy atom. The van der Waals surface area contributed by atoms with Crippen LogP contribution in [0, 0.1) is 17.0 Å². The number of anilines is 2. The Balaban J connectivity index is 1.65. The number of hydrogen-bond donors (Lipinski definition) is 3. The predicted octanol–water partition coefficient (Wildman–Crippen LogP) is 3.90. The zero-order valence-corrected chi connectivity index (χ0v) is 18.5. The number of para-hydroxylation sites is 1. The van der Waals surface area contributed by atoms with Crippen LogP contribution in [0.25, 0.3) is 0 Å². The van der Waals surface area contributed by atoms with E-state index in [2.05, 4.69) is 15.7 Å². The van der Waals surface area contributed by atoms with Gasteiger partial charge in [-0.3, -0.25) is 24.5 Å². The van der Waals surface area contributed by atoms with Crippen LogP contribution in [-0.2, 0) is 9.59 Å². The van der Waals surface area contributed by atoms with Crippen molar-refractivity contribution < 1.29 is 19.3 Å². The minimum Gasteiger partial charge on any atom is -0.322 e. The van der Waals surface area contributed by atoms with Gasteiger partial charge in [0.2, 0.25) is 0 Å². The second-order valence-electron chi connectivity index (χ2n) is 6.99. The molecule has 0 atom stereocenters. The van der Waals surface area contributed by atoms with E-state index in [0.717, 1.165) is 11.8 Å². The molecule has 11 heteroatoms. The summed E-state index contributed by atoms with van der Waals surface area (Å²) in [6.07, 6.45) is 1.12. The smallest absolute Gasteiger partial charge is 0.322 e. The topological polar surface area (TPSA) is 143 Å². The third-order valence-electron chi connectivity index (χ3n) is 4.45. The lowest BCUT2D eigenvalue weighted by Crippen LogP contribution is -2.33. The second kappa shape index (κ2) is 10.8. The first kappa shape index (κ1) is 24.1. The number of aryl methyl sites for hydroxylation is 1. The maximum Gasteiger partial charge on any atom is 0.329 e. The molecule has 10 nitrogen and oxygen atoms in total. The SMILES string of the molecule is Cc1cccc(NC(=O)c2ccccc2NC(=O)C(=O)N/N=C\c2ccc(Cl)c([N+](=O)[O-])c2)c1. The highest BCUT2D eigenvalue weighted by molar-refractivity contribution is 6.40. The zero-order chi connectivity index (χ0) is 24.7. The number of nitrogens with one attached hydrogen (secondary N) is 3. The van der Waals surface area contributed by atoms with E-state index in [1.165, 1.54) is 30.3 Å². The van der Waals surface area contributed by atoms with Gasteiger partial charge in [-0.05, 0) is 42.8 Å². The molecule has 0 saturated heterocycles. The number of benzene rings is 3. The molecule has 0 heterocycles. The highest BCUT2D eigenvalue weighted by atomic mass is 35.5. The Morgan fingerprint density at radius 1 is 0.971 bits per heavy atom. The molecule has 0 fully saturated rings. The van der Waals surface area contributed by atoms with Gasteiger partial charge in [0.25, 0.3) is 11.6 Å². The van der Waals surface area contributed by atoms with Gasteiger partial charge in [-0.25, -0.2) is 5.43 Å². The molecule has 3 N–H and O–H groups in total. The number of nitro groups is 1. The molecule has 3 amide bonds. The Bertz CT molecular complexity index is 1310. The summed E-state index contributed by atoms with van der Waals surface area (Å²) < 4.78 is 0. The molecule has 0 unspecified atom stereocenters. The van der Waals surface area contributed by atoms with Gasteiger partial charge in [0.15, 0.2) is 0 Å². The number of nitro benzene ring substituents is 1. The number of carbonyl (C=O) groups is 3. The molecule has 0 aliphatic carbocycles. The van der Waals surface area contributed by atoms with Gasteiger partial charge in [-0.15, -0.1) is 0 Å². The Kier molecular flexibility index (Phi) is 7.67. The van der Waals surface area contributed by atoms with Crippen molar-refractivity contribution in [3.8, 4) is 0 Å². The zero-order valence-electron chi connectivity index (χ0n) is 17.7. The van der Waals surface area contributed by atoms with Crippen LogP contribution < -0.4 is 16.1 Å². The first-order valence-electron chi connectivity index (χ1n) is 9.80. The van der Waals surface area contributed by atoms with Gasteiger partial charge in [-0.1, -0.05) is 41.9 Å². The number of carbonyl (C=O) groups excluding carboxylic acids is 3. The fourth-order valence-corrected chi connectivity index (χ4v) is 3.04. The summed E-state index contributed by atoms with van der Waals surface area (Å²) in [6.45, 7) is 1.89. The van der Waals surface area contributed by atoms with Gasteiger partial charge < -0.3 is 10.6 Å². The largest absolute Gasteiger partial charge is 0.329 e. The highest BCUT2D eigenvalue weighted by Gasteiger charge is 2.18. The lowest BCUT2D eigenvalue weighted by atomic mass is 10.1. The van der Waals surface area contributed by atoms with Gasteiger partial charge in [0.1, 0.15) is 5.02 Å². The Labute approximate surface area is 198 Å². The minimum atomic E-state index is -1.10. The van der Waals surface area contributed by atoms with Crippen LogP contribution in [0.15, 0.2) is 71.8 Å².